The number of rotatable bonds is 3. The van der Waals surface area contributed by atoms with Crippen LogP contribution in [-0.4, -0.2) is 36.0 Å². The van der Waals surface area contributed by atoms with E-state index in [1.165, 1.54) is 54.8 Å². The lowest BCUT2D eigenvalue weighted by Gasteiger charge is -2.24. The fourth-order valence-corrected chi connectivity index (χ4v) is 4.69. The highest BCUT2D eigenvalue weighted by Gasteiger charge is 2.40. The van der Waals surface area contributed by atoms with Crippen LogP contribution in [0.4, 0.5) is 5.69 Å². The van der Waals surface area contributed by atoms with Crippen molar-refractivity contribution in [1.82, 2.24) is 15.1 Å². The molecule has 2 saturated heterocycles. The van der Waals surface area contributed by atoms with Crippen molar-refractivity contribution in [3.63, 3.8) is 0 Å². The highest BCUT2D eigenvalue weighted by Crippen LogP contribution is 2.39. The quantitative estimate of drug-likeness (QED) is 0.737. The Labute approximate surface area is 167 Å². The van der Waals surface area contributed by atoms with Gasteiger partial charge in [0.2, 0.25) is 0 Å². The van der Waals surface area contributed by atoms with Crippen molar-refractivity contribution in [3.05, 3.63) is 54.2 Å². The van der Waals surface area contributed by atoms with Gasteiger partial charge in [-0.25, -0.2) is 4.68 Å². The Bertz CT molecular complexity index is 928. The number of halogens is 1. The first-order valence-electron chi connectivity index (χ1n) is 9.81. The van der Waals surface area contributed by atoms with E-state index in [1.807, 2.05) is 0 Å². The number of aromatic nitrogens is 2. The highest BCUT2D eigenvalue weighted by atomic mass is 35.5. The van der Waals surface area contributed by atoms with Gasteiger partial charge in [0, 0.05) is 36.1 Å². The largest absolute Gasteiger partial charge is 0.371 e. The van der Waals surface area contributed by atoms with Crippen LogP contribution < -0.4 is 10.2 Å². The Morgan fingerprint density at radius 3 is 2.67 bits per heavy atom. The first-order valence-corrected chi connectivity index (χ1v) is 9.81. The average molecular weight is 383 g/mol. The fourth-order valence-electron chi connectivity index (χ4n) is 4.69. The van der Waals surface area contributed by atoms with Gasteiger partial charge >= 0.3 is 0 Å². The predicted octanol–water partition coefficient (Wildman–Crippen LogP) is 4.20. The number of aryl methyl sites for hydroxylation is 1. The Kier molecular flexibility index (Phi) is 4.87. The minimum Gasteiger partial charge on any atom is -0.371 e. The highest BCUT2D eigenvalue weighted by molar-refractivity contribution is 5.87. The number of fused-ring (bicyclic) bond motifs is 1. The Morgan fingerprint density at radius 1 is 1.07 bits per heavy atom. The monoisotopic (exact) mass is 382 g/mol. The number of para-hydroxylation sites is 1. The van der Waals surface area contributed by atoms with Crippen LogP contribution in [0.2, 0.25) is 0 Å². The zero-order chi connectivity index (χ0) is 17.6. The summed E-state index contributed by atoms with van der Waals surface area (Å²) < 4.78 is 2.11. The number of hydrogen-bond acceptors (Lipinski definition) is 3. The third-order valence-electron chi connectivity index (χ3n) is 6.21. The number of anilines is 1. The maximum atomic E-state index is 4.90. The summed E-state index contributed by atoms with van der Waals surface area (Å²) in [6, 6.07) is 17.4. The number of benzene rings is 2. The summed E-state index contributed by atoms with van der Waals surface area (Å²) in [5, 5.41) is 9.74. The van der Waals surface area contributed by atoms with Crippen LogP contribution in [0.5, 0.6) is 0 Å². The van der Waals surface area contributed by atoms with Crippen LogP contribution >= 0.6 is 12.4 Å². The molecule has 5 rings (SSSR count). The molecule has 2 aliphatic heterocycles. The van der Waals surface area contributed by atoms with E-state index in [9.17, 15) is 0 Å². The van der Waals surface area contributed by atoms with Crippen LogP contribution in [0.25, 0.3) is 16.6 Å². The minimum atomic E-state index is 0. The van der Waals surface area contributed by atoms with Crippen molar-refractivity contribution in [2.45, 2.75) is 26.2 Å². The standard InChI is InChI=1S/C22H26N4.ClH/c1-2-20-19-9-8-18(25-13-11-22(16-25)10-12-23-15-22)14-21(19)26(24-20)17-6-4-3-5-7-17;/h3-9,14,23H,2,10-13,15-16H2,1H3;1H. The van der Waals surface area contributed by atoms with Crippen LogP contribution in [-0.2, 0) is 6.42 Å². The Morgan fingerprint density at radius 2 is 1.93 bits per heavy atom. The number of hydrogen-bond donors (Lipinski definition) is 1. The Balaban J connectivity index is 0.00000180. The van der Waals surface area contributed by atoms with Gasteiger partial charge in [-0.2, -0.15) is 5.10 Å². The molecule has 1 aromatic heterocycles. The lowest BCUT2D eigenvalue weighted by atomic mass is 9.86. The smallest absolute Gasteiger partial charge is 0.0764 e. The molecular formula is C22H27ClN4. The maximum absolute atomic E-state index is 4.90. The van der Waals surface area contributed by atoms with E-state index in [0.717, 1.165) is 18.7 Å². The van der Waals surface area contributed by atoms with Gasteiger partial charge in [0.25, 0.3) is 0 Å². The summed E-state index contributed by atoms with van der Waals surface area (Å²) in [5.74, 6) is 0. The van der Waals surface area contributed by atoms with Crippen molar-refractivity contribution >= 4 is 29.0 Å². The van der Waals surface area contributed by atoms with E-state index in [1.54, 1.807) is 0 Å². The lowest BCUT2D eigenvalue weighted by molar-refractivity contribution is 0.369. The minimum absolute atomic E-state index is 0. The van der Waals surface area contributed by atoms with Gasteiger partial charge in [0.05, 0.1) is 16.9 Å². The molecule has 0 radical (unpaired) electrons. The topological polar surface area (TPSA) is 33.1 Å². The molecule has 2 fully saturated rings. The summed E-state index contributed by atoms with van der Waals surface area (Å²) in [4.78, 5) is 2.57. The van der Waals surface area contributed by atoms with Crippen LogP contribution in [0, 0.1) is 5.41 Å². The van der Waals surface area contributed by atoms with Gasteiger partial charge < -0.3 is 10.2 Å². The molecule has 1 spiro atoms. The third-order valence-corrected chi connectivity index (χ3v) is 6.21. The molecule has 27 heavy (non-hydrogen) atoms. The molecule has 0 amide bonds. The zero-order valence-electron chi connectivity index (χ0n) is 15.8. The maximum Gasteiger partial charge on any atom is 0.0764 e. The summed E-state index contributed by atoms with van der Waals surface area (Å²) >= 11 is 0. The summed E-state index contributed by atoms with van der Waals surface area (Å²) in [5.41, 5.74) is 5.35. The molecular weight excluding hydrogens is 356 g/mol. The van der Waals surface area contributed by atoms with E-state index >= 15 is 0 Å². The summed E-state index contributed by atoms with van der Waals surface area (Å²) in [7, 11) is 0. The van der Waals surface area contributed by atoms with E-state index in [4.69, 9.17) is 5.10 Å². The second kappa shape index (κ2) is 7.17. The number of nitrogens with zero attached hydrogens (tertiary/aromatic N) is 3. The van der Waals surface area contributed by atoms with Crippen molar-refractivity contribution in [1.29, 1.82) is 0 Å². The van der Waals surface area contributed by atoms with Gasteiger partial charge in [0.1, 0.15) is 0 Å². The molecule has 3 heterocycles. The zero-order valence-corrected chi connectivity index (χ0v) is 16.6. The van der Waals surface area contributed by atoms with E-state index < -0.39 is 0 Å². The first-order chi connectivity index (χ1) is 12.8. The molecule has 4 nitrogen and oxygen atoms in total. The predicted molar refractivity (Wildman–Crippen MR) is 114 cm³/mol. The summed E-state index contributed by atoms with van der Waals surface area (Å²) in [6.07, 6.45) is 3.57. The number of nitrogens with one attached hydrogen (secondary N) is 1. The van der Waals surface area contributed by atoms with E-state index in [2.05, 4.69) is 70.4 Å². The molecule has 142 valence electrons. The van der Waals surface area contributed by atoms with Gasteiger partial charge in [0.15, 0.2) is 0 Å². The first kappa shape index (κ1) is 18.3. The molecule has 0 bridgehead atoms. The van der Waals surface area contributed by atoms with Gasteiger partial charge in [-0.3, -0.25) is 0 Å². The lowest BCUT2D eigenvalue weighted by Crippen LogP contribution is -2.29. The van der Waals surface area contributed by atoms with Crippen molar-refractivity contribution < 1.29 is 0 Å². The second-order valence-electron chi connectivity index (χ2n) is 7.85. The molecule has 1 unspecified atom stereocenters. The molecule has 2 aromatic carbocycles. The molecule has 1 atom stereocenters. The van der Waals surface area contributed by atoms with E-state index in [0.29, 0.717) is 5.41 Å². The normalized spacial score (nSPS) is 21.9. The van der Waals surface area contributed by atoms with Crippen molar-refractivity contribution in [2.24, 2.45) is 5.41 Å². The third kappa shape index (κ3) is 3.11. The van der Waals surface area contributed by atoms with Crippen molar-refractivity contribution in [3.8, 4) is 5.69 Å². The van der Waals surface area contributed by atoms with Crippen LogP contribution in [0.1, 0.15) is 25.5 Å². The Hall–Kier alpha value is -2.04. The average Bonchev–Trinajstić information content (AvgIpc) is 3.41. The van der Waals surface area contributed by atoms with Gasteiger partial charge in [-0.05, 0) is 56.1 Å². The van der Waals surface area contributed by atoms with Crippen molar-refractivity contribution in [2.75, 3.05) is 31.1 Å². The van der Waals surface area contributed by atoms with Gasteiger partial charge in [-0.1, -0.05) is 25.1 Å². The fraction of sp³-hybridized carbons (Fsp3) is 0.409. The van der Waals surface area contributed by atoms with Crippen LogP contribution in [0.15, 0.2) is 48.5 Å². The molecule has 1 N–H and O–H groups in total. The molecule has 3 aromatic rings. The molecule has 5 heteroatoms. The van der Waals surface area contributed by atoms with E-state index in [-0.39, 0.29) is 12.4 Å². The SMILES string of the molecule is CCc1nn(-c2ccccc2)c2cc(N3CCC4(CCNC4)C3)ccc12.Cl. The van der Waals surface area contributed by atoms with Crippen LogP contribution in [0.3, 0.4) is 0 Å². The molecule has 0 aliphatic carbocycles. The van der Waals surface area contributed by atoms with Gasteiger partial charge in [-0.15, -0.1) is 12.4 Å². The second-order valence-corrected chi connectivity index (χ2v) is 7.85. The molecule has 2 aliphatic rings. The molecule has 0 saturated carbocycles. The summed E-state index contributed by atoms with van der Waals surface area (Å²) in [6.45, 7) is 6.86.